The van der Waals surface area contributed by atoms with Gasteiger partial charge < -0.3 is 13.8 Å². The van der Waals surface area contributed by atoms with E-state index in [1.54, 1.807) is 0 Å². The van der Waals surface area contributed by atoms with E-state index in [-0.39, 0.29) is 6.16 Å². The van der Waals surface area contributed by atoms with Crippen LogP contribution in [0.4, 0.5) is 0 Å². The van der Waals surface area contributed by atoms with E-state index >= 15 is 0 Å². The van der Waals surface area contributed by atoms with Crippen LogP contribution in [0.2, 0.25) is 0 Å². The van der Waals surface area contributed by atoms with Gasteiger partial charge in [-0.2, -0.15) is 0 Å². The zero-order valence-electron chi connectivity index (χ0n) is 7.85. The molecular formula is C7H13O5P. The van der Waals surface area contributed by atoms with E-state index in [1.165, 1.54) is 33.5 Å². The summed E-state index contributed by atoms with van der Waals surface area (Å²) >= 11 is 0. The third-order valence-electron chi connectivity index (χ3n) is 1.34. The number of rotatable bonds is 5. The zero-order valence-corrected chi connectivity index (χ0v) is 8.74. The van der Waals surface area contributed by atoms with Crippen LogP contribution in [0.3, 0.4) is 0 Å². The summed E-state index contributed by atoms with van der Waals surface area (Å²) in [6, 6.07) is 0. The highest BCUT2D eigenvalue weighted by Gasteiger charge is 2.18. The second kappa shape index (κ2) is 5.91. The van der Waals surface area contributed by atoms with Crippen LogP contribution in [0, 0.1) is 0 Å². The Morgan fingerprint density at radius 1 is 1.31 bits per heavy atom. The third kappa shape index (κ3) is 4.83. The Morgan fingerprint density at radius 2 is 1.85 bits per heavy atom. The molecule has 0 saturated heterocycles. The Morgan fingerprint density at radius 3 is 2.23 bits per heavy atom. The van der Waals surface area contributed by atoms with Crippen molar-refractivity contribution in [3.63, 3.8) is 0 Å². The molecule has 0 aliphatic rings. The Labute approximate surface area is 77.2 Å². The van der Waals surface area contributed by atoms with Crippen molar-refractivity contribution in [2.75, 3.05) is 27.5 Å². The van der Waals surface area contributed by atoms with E-state index in [4.69, 9.17) is 0 Å². The van der Waals surface area contributed by atoms with E-state index in [2.05, 4.69) is 13.8 Å². The standard InChI is InChI=1S/C7H13O5P/c1-10-7(8)5-4-6-13(9,11-2)12-3/h4-5H,6H2,1-3H3/b5-4-. The minimum absolute atomic E-state index is 0.0507. The van der Waals surface area contributed by atoms with Crippen LogP contribution in [0.25, 0.3) is 0 Å². The van der Waals surface area contributed by atoms with Crippen LogP contribution in [0.15, 0.2) is 12.2 Å². The molecule has 6 heteroatoms. The average molecular weight is 208 g/mol. The molecule has 0 rings (SSSR count). The molecule has 0 heterocycles. The maximum atomic E-state index is 11.4. The van der Waals surface area contributed by atoms with E-state index in [0.717, 1.165) is 0 Å². The molecule has 13 heavy (non-hydrogen) atoms. The lowest BCUT2D eigenvalue weighted by atomic mass is 10.5. The van der Waals surface area contributed by atoms with Gasteiger partial charge in [0.1, 0.15) is 0 Å². The normalized spacial score (nSPS) is 11.9. The summed E-state index contributed by atoms with van der Waals surface area (Å²) in [7, 11) is 0.796. The number of esters is 1. The molecule has 0 aliphatic carbocycles. The highest BCUT2D eigenvalue weighted by atomic mass is 31.2. The summed E-state index contributed by atoms with van der Waals surface area (Å²) in [5.74, 6) is -0.501. The number of carbonyl (C=O) groups is 1. The number of hydrogen-bond acceptors (Lipinski definition) is 5. The van der Waals surface area contributed by atoms with Crippen LogP contribution in [-0.4, -0.2) is 33.5 Å². The summed E-state index contributed by atoms with van der Waals surface area (Å²) in [5, 5.41) is 0. The first-order chi connectivity index (χ1) is 6.08. The highest BCUT2D eigenvalue weighted by Crippen LogP contribution is 2.45. The van der Waals surface area contributed by atoms with Gasteiger partial charge in [0.15, 0.2) is 0 Å². The lowest BCUT2D eigenvalue weighted by molar-refractivity contribution is -0.134. The maximum Gasteiger partial charge on any atom is 0.333 e. The van der Waals surface area contributed by atoms with Crippen molar-refractivity contribution >= 4 is 13.6 Å². The van der Waals surface area contributed by atoms with Gasteiger partial charge in [-0.1, -0.05) is 6.08 Å². The monoisotopic (exact) mass is 208 g/mol. The number of hydrogen-bond donors (Lipinski definition) is 0. The predicted molar refractivity (Wildman–Crippen MR) is 47.6 cm³/mol. The van der Waals surface area contributed by atoms with Crippen LogP contribution in [0.1, 0.15) is 0 Å². The zero-order chi connectivity index (χ0) is 10.3. The maximum absolute atomic E-state index is 11.4. The number of allylic oxidation sites excluding steroid dienone is 1. The molecule has 0 aromatic rings. The topological polar surface area (TPSA) is 61.8 Å². The molecule has 0 N–H and O–H groups in total. The van der Waals surface area contributed by atoms with E-state index < -0.39 is 13.6 Å². The Balaban J connectivity index is 4.07. The molecule has 0 atom stereocenters. The fraction of sp³-hybridized carbons (Fsp3) is 0.571. The molecule has 76 valence electrons. The van der Waals surface area contributed by atoms with Gasteiger partial charge in [-0.25, -0.2) is 4.79 Å². The molecule has 0 aromatic carbocycles. The summed E-state index contributed by atoms with van der Waals surface area (Å²) in [6.45, 7) is 0. The van der Waals surface area contributed by atoms with E-state index in [1.807, 2.05) is 0 Å². The highest BCUT2D eigenvalue weighted by molar-refractivity contribution is 7.54. The van der Waals surface area contributed by atoms with Gasteiger partial charge in [0.25, 0.3) is 0 Å². The van der Waals surface area contributed by atoms with Crippen LogP contribution < -0.4 is 0 Å². The molecule has 0 amide bonds. The van der Waals surface area contributed by atoms with Crippen molar-refractivity contribution < 1.29 is 23.1 Å². The Bertz CT molecular complexity index is 227. The Kier molecular flexibility index (Phi) is 5.62. The lowest BCUT2D eigenvalue weighted by Crippen LogP contribution is -1.96. The van der Waals surface area contributed by atoms with Gasteiger partial charge in [-0.15, -0.1) is 0 Å². The van der Waals surface area contributed by atoms with Crippen molar-refractivity contribution in [3.8, 4) is 0 Å². The first kappa shape index (κ1) is 12.4. The van der Waals surface area contributed by atoms with Crippen molar-refractivity contribution in [1.29, 1.82) is 0 Å². The van der Waals surface area contributed by atoms with Crippen molar-refractivity contribution in [1.82, 2.24) is 0 Å². The van der Waals surface area contributed by atoms with Crippen molar-refractivity contribution in [3.05, 3.63) is 12.2 Å². The van der Waals surface area contributed by atoms with Crippen molar-refractivity contribution in [2.24, 2.45) is 0 Å². The van der Waals surface area contributed by atoms with Gasteiger partial charge in [0, 0.05) is 20.3 Å². The van der Waals surface area contributed by atoms with Crippen LogP contribution >= 0.6 is 7.60 Å². The summed E-state index contributed by atoms with van der Waals surface area (Å²) < 4.78 is 25.0. The number of methoxy groups -OCH3 is 1. The largest absolute Gasteiger partial charge is 0.466 e. The number of carbonyl (C=O) groups excluding carboxylic acids is 1. The third-order valence-corrected chi connectivity index (χ3v) is 3.11. The molecule has 0 unspecified atom stereocenters. The molecule has 0 aromatic heterocycles. The fourth-order valence-electron chi connectivity index (χ4n) is 0.570. The minimum atomic E-state index is -3.04. The van der Waals surface area contributed by atoms with Gasteiger partial charge in [0.2, 0.25) is 0 Å². The predicted octanol–water partition coefficient (Wildman–Crippen LogP) is 1.20. The molecular weight excluding hydrogens is 195 g/mol. The summed E-state index contributed by atoms with van der Waals surface area (Å²) in [5.41, 5.74) is 0. The molecule has 5 nitrogen and oxygen atoms in total. The van der Waals surface area contributed by atoms with Gasteiger partial charge in [-0.05, 0) is 0 Å². The van der Waals surface area contributed by atoms with Crippen LogP contribution in [-0.2, 0) is 23.1 Å². The second-order valence-corrected chi connectivity index (χ2v) is 4.40. The molecule has 0 bridgehead atoms. The molecule has 0 aliphatic heterocycles. The minimum Gasteiger partial charge on any atom is -0.466 e. The lowest BCUT2D eigenvalue weighted by Gasteiger charge is -2.10. The average Bonchev–Trinajstić information content (AvgIpc) is 2.17. The number of ether oxygens (including phenoxy) is 1. The first-order valence-electron chi connectivity index (χ1n) is 3.53. The smallest absolute Gasteiger partial charge is 0.333 e. The SMILES string of the molecule is COC(=O)/C=C\CP(=O)(OC)OC. The molecule has 0 fully saturated rings. The van der Waals surface area contributed by atoms with Crippen LogP contribution in [0.5, 0.6) is 0 Å². The van der Waals surface area contributed by atoms with Gasteiger partial charge >= 0.3 is 13.6 Å². The fourth-order valence-corrected chi connectivity index (χ4v) is 1.38. The Hall–Kier alpha value is -0.640. The molecule has 0 radical (unpaired) electrons. The van der Waals surface area contributed by atoms with Gasteiger partial charge in [-0.3, -0.25) is 4.57 Å². The molecule has 0 saturated carbocycles. The summed E-state index contributed by atoms with van der Waals surface area (Å²) in [4.78, 5) is 10.6. The quantitative estimate of drug-likeness (QED) is 0.386. The molecule has 0 spiro atoms. The van der Waals surface area contributed by atoms with Gasteiger partial charge in [0.05, 0.1) is 13.3 Å². The summed E-state index contributed by atoms with van der Waals surface area (Å²) in [6.07, 6.45) is 2.61. The van der Waals surface area contributed by atoms with E-state index in [9.17, 15) is 9.36 Å². The second-order valence-electron chi connectivity index (χ2n) is 2.08. The first-order valence-corrected chi connectivity index (χ1v) is 5.26. The van der Waals surface area contributed by atoms with Crippen molar-refractivity contribution in [2.45, 2.75) is 0 Å². The van der Waals surface area contributed by atoms with E-state index in [0.29, 0.717) is 0 Å².